The summed E-state index contributed by atoms with van der Waals surface area (Å²) in [6, 6.07) is 16.5. The molecule has 0 fully saturated rings. The van der Waals surface area contributed by atoms with E-state index in [0.29, 0.717) is 28.5 Å². The molecule has 0 saturated heterocycles. The van der Waals surface area contributed by atoms with E-state index in [1.54, 1.807) is 28.9 Å². The van der Waals surface area contributed by atoms with Crippen LogP contribution in [0.2, 0.25) is 5.15 Å². The summed E-state index contributed by atoms with van der Waals surface area (Å²) < 4.78 is 1.70. The summed E-state index contributed by atoms with van der Waals surface area (Å²) in [4.78, 5) is 12.0. The molecule has 0 unspecified atom stereocenters. The van der Waals surface area contributed by atoms with Gasteiger partial charge in [0.15, 0.2) is 0 Å². The smallest absolute Gasteiger partial charge is 0.271 e. The fourth-order valence-electron chi connectivity index (χ4n) is 2.43. The molecular formula is C19H18ClN5O. The number of carbonyl (C=O) groups is 1. The van der Waals surface area contributed by atoms with Crippen LogP contribution in [-0.2, 0) is 6.54 Å². The van der Waals surface area contributed by atoms with Crippen molar-refractivity contribution in [3.8, 4) is 0 Å². The van der Waals surface area contributed by atoms with E-state index in [2.05, 4.69) is 15.6 Å². The van der Waals surface area contributed by atoms with E-state index in [9.17, 15) is 4.79 Å². The Bertz CT molecular complexity index is 933. The Hall–Kier alpha value is -3.12. The second-order valence-corrected chi connectivity index (χ2v) is 6.11. The summed E-state index contributed by atoms with van der Waals surface area (Å²) in [5.74, 6) is -0.327. The topological polar surface area (TPSA) is 85.3 Å². The number of hydrazone groups is 1. The first-order valence-electron chi connectivity index (χ1n) is 8.00. The van der Waals surface area contributed by atoms with Crippen molar-refractivity contribution >= 4 is 29.4 Å². The van der Waals surface area contributed by atoms with Crippen molar-refractivity contribution in [2.45, 2.75) is 13.5 Å². The summed E-state index contributed by atoms with van der Waals surface area (Å²) in [6.07, 6.45) is 1.50. The van der Waals surface area contributed by atoms with E-state index < -0.39 is 0 Å². The van der Waals surface area contributed by atoms with E-state index in [1.165, 1.54) is 6.21 Å². The molecule has 0 spiro atoms. The van der Waals surface area contributed by atoms with Gasteiger partial charge in [0.1, 0.15) is 5.15 Å². The lowest BCUT2D eigenvalue weighted by Crippen LogP contribution is -2.17. The summed E-state index contributed by atoms with van der Waals surface area (Å²) in [5, 5.41) is 8.90. The maximum Gasteiger partial charge on any atom is 0.271 e. The summed E-state index contributed by atoms with van der Waals surface area (Å²) >= 11 is 6.41. The first-order valence-corrected chi connectivity index (χ1v) is 8.38. The van der Waals surface area contributed by atoms with Gasteiger partial charge in [-0.2, -0.15) is 10.2 Å². The first-order chi connectivity index (χ1) is 12.5. The number of nitrogen functional groups attached to an aromatic ring is 1. The Morgan fingerprint density at radius 3 is 2.62 bits per heavy atom. The summed E-state index contributed by atoms with van der Waals surface area (Å²) in [5.41, 5.74) is 11.6. The van der Waals surface area contributed by atoms with Crippen molar-refractivity contribution in [3.05, 3.63) is 82.1 Å². The summed E-state index contributed by atoms with van der Waals surface area (Å²) in [6.45, 7) is 2.41. The predicted octanol–water partition coefficient (Wildman–Crippen LogP) is 3.24. The number of hydrogen-bond acceptors (Lipinski definition) is 4. The number of nitrogens with two attached hydrogens (primary N) is 1. The molecule has 3 rings (SSSR count). The van der Waals surface area contributed by atoms with Gasteiger partial charge in [0.25, 0.3) is 5.91 Å². The van der Waals surface area contributed by atoms with Crippen molar-refractivity contribution < 1.29 is 4.79 Å². The Labute approximate surface area is 156 Å². The normalized spacial score (nSPS) is 11.0. The number of nitrogens with zero attached hydrogens (tertiary/aromatic N) is 3. The van der Waals surface area contributed by atoms with Crippen molar-refractivity contribution in [2.24, 2.45) is 5.10 Å². The SMILES string of the molecule is Cc1nn(Cc2ccccc2)c(Cl)c1/C=N\NC(=O)c1ccc(N)cc1. The maximum absolute atomic E-state index is 12.0. The van der Waals surface area contributed by atoms with Gasteiger partial charge in [0.2, 0.25) is 0 Å². The average molecular weight is 368 g/mol. The lowest BCUT2D eigenvalue weighted by atomic mass is 10.2. The molecule has 0 aliphatic heterocycles. The van der Waals surface area contributed by atoms with Crippen LogP contribution in [0.4, 0.5) is 5.69 Å². The van der Waals surface area contributed by atoms with Gasteiger partial charge in [-0.25, -0.2) is 10.1 Å². The largest absolute Gasteiger partial charge is 0.399 e. The molecule has 0 bridgehead atoms. The Morgan fingerprint density at radius 1 is 1.23 bits per heavy atom. The van der Waals surface area contributed by atoms with Crippen LogP contribution in [0.5, 0.6) is 0 Å². The average Bonchev–Trinajstić information content (AvgIpc) is 2.90. The Morgan fingerprint density at radius 2 is 1.92 bits per heavy atom. The zero-order chi connectivity index (χ0) is 18.5. The molecule has 3 N–H and O–H groups in total. The minimum absolute atomic E-state index is 0.327. The minimum Gasteiger partial charge on any atom is -0.399 e. The third-order valence-electron chi connectivity index (χ3n) is 3.82. The molecule has 3 aromatic rings. The standard InChI is InChI=1S/C19H18ClN5O/c1-13-17(11-22-23-19(26)15-7-9-16(21)10-8-15)18(20)25(24-13)12-14-5-3-2-4-6-14/h2-11H,12,21H2,1H3,(H,23,26)/b22-11-. The molecule has 6 nitrogen and oxygen atoms in total. The Balaban J connectivity index is 1.70. The number of benzene rings is 2. The number of halogens is 1. The van der Waals surface area contributed by atoms with Gasteiger partial charge < -0.3 is 5.73 Å². The number of carbonyl (C=O) groups excluding carboxylic acids is 1. The molecule has 0 radical (unpaired) electrons. The third kappa shape index (κ3) is 4.10. The number of aryl methyl sites for hydroxylation is 1. The molecule has 0 aliphatic rings. The highest BCUT2D eigenvalue weighted by molar-refractivity contribution is 6.32. The molecule has 0 saturated carbocycles. The number of aromatic nitrogens is 2. The zero-order valence-electron chi connectivity index (χ0n) is 14.2. The van der Waals surface area contributed by atoms with Gasteiger partial charge in [-0.05, 0) is 36.8 Å². The second-order valence-electron chi connectivity index (χ2n) is 5.75. The van der Waals surface area contributed by atoms with Gasteiger partial charge in [0, 0.05) is 11.3 Å². The molecule has 1 heterocycles. The quantitative estimate of drug-likeness (QED) is 0.412. The van der Waals surface area contributed by atoms with E-state index in [1.807, 2.05) is 37.3 Å². The van der Waals surface area contributed by atoms with Crippen LogP contribution in [-0.4, -0.2) is 21.9 Å². The van der Waals surface area contributed by atoms with E-state index in [4.69, 9.17) is 17.3 Å². The maximum atomic E-state index is 12.0. The highest BCUT2D eigenvalue weighted by Gasteiger charge is 2.12. The van der Waals surface area contributed by atoms with Crippen LogP contribution in [0, 0.1) is 6.92 Å². The van der Waals surface area contributed by atoms with Crippen LogP contribution >= 0.6 is 11.6 Å². The van der Waals surface area contributed by atoms with Gasteiger partial charge in [0.05, 0.1) is 24.0 Å². The monoisotopic (exact) mass is 367 g/mol. The van der Waals surface area contributed by atoms with Crippen molar-refractivity contribution in [1.29, 1.82) is 0 Å². The fraction of sp³-hybridized carbons (Fsp3) is 0.105. The molecule has 132 valence electrons. The van der Waals surface area contributed by atoms with Gasteiger partial charge >= 0.3 is 0 Å². The van der Waals surface area contributed by atoms with Crippen molar-refractivity contribution in [2.75, 3.05) is 5.73 Å². The molecule has 0 atom stereocenters. The van der Waals surface area contributed by atoms with Crippen LogP contribution in [0.25, 0.3) is 0 Å². The highest BCUT2D eigenvalue weighted by atomic mass is 35.5. The number of hydrogen-bond donors (Lipinski definition) is 2. The van der Waals surface area contributed by atoms with E-state index in [0.717, 1.165) is 11.3 Å². The van der Waals surface area contributed by atoms with E-state index in [-0.39, 0.29) is 5.91 Å². The minimum atomic E-state index is -0.327. The van der Waals surface area contributed by atoms with Gasteiger partial charge in [-0.1, -0.05) is 41.9 Å². The van der Waals surface area contributed by atoms with Crippen LogP contribution in [0.3, 0.4) is 0 Å². The van der Waals surface area contributed by atoms with Crippen LogP contribution in [0.15, 0.2) is 59.7 Å². The van der Waals surface area contributed by atoms with Crippen LogP contribution < -0.4 is 11.2 Å². The van der Waals surface area contributed by atoms with Crippen molar-refractivity contribution in [3.63, 3.8) is 0 Å². The lowest BCUT2D eigenvalue weighted by molar-refractivity contribution is 0.0955. The predicted molar refractivity (Wildman–Crippen MR) is 103 cm³/mol. The fourth-order valence-corrected chi connectivity index (χ4v) is 2.71. The molecule has 7 heteroatoms. The Kier molecular flexibility index (Phi) is 5.34. The second kappa shape index (κ2) is 7.84. The van der Waals surface area contributed by atoms with Gasteiger partial charge in [-0.3, -0.25) is 4.79 Å². The van der Waals surface area contributed by atoms with Gasteiger partial charge in [-0.15, -0.1) is 0 Å². The number of rotatable bonds is 5. The molecule has 1 aromatic heterocycles. The van der Waals surface area contributed by atoms with Crippen molar-refractivity contribution in [1.82, 2.24) is 15.2 Å². The molecule has 1 amide bonds. The molecular weight excluding hydrogens is 350 g/mol. The zero-order valence-corrected chi connectivity index (χ0v) is 14.9. The molecule has 26 heavy (non-hydrogen) atoms. The number of nitrogens with one attached hydrogen (secondary N) is 1. The third-order valence-corrected chi connectivity index (χ3v) is 4.22. The molecule has 0 aliphatic carbocycles. The number of anilines is 1. The first kappa shape index (κ1) is 17.7. The highest BCUT2D eigenvalue weighted by Crippen LogP contribution is 2.19. The number of amides is 1. The molecule has 2 aromatic carbocycles. The summed E-state index contributed by atoms with van der Waals surface area (Å²) in [7, 11) is 0. The van der Waals surface area contributed by atoms with Crippen LogP contribution in [0.1, 0.15) is 27.2 Å². The van der Waals surface area contributed by atoms with E-state index >= 15 is 0 Å². The lowest BCUT2D eigenvalue weighted by Gasteiger charge is -2.03.